The fraction of sp³-hybridized carbons (Fsp3) is 1.00. The van der Waals surface area contributed by atoms with E-state index in [1.807, 2.05) is 0 Å². The maximum Gasteiger partial charge on any atom is 1.00 e. The minimum atomic E-state index is -4.08. The molecule has 0 saturated heterocycles. The molecule has 1 unspecified atom stereocenters. The number of aliphatic hydroxyl groups excluding tert-OH is 1. The number of hydrogen-bond donors (Lipinski definition) is 1. The van der Waals surface area contributed by atoms with Gasteiger partial charge in [-0.05, 0) is 19.8 Å². The quantitative estimate of drug-likeness (QED) is 0.268. The van der Waals surface area contributed by atoms with Gasteiger partial charge in [0.05, 0.1) is 10.1 Å². The fourth-order valence-corrected chi connectivity index (χ4v) is 2.91. The zero-order valence-corrected chi connectivity index (χ0v) is 18.5. The first-order chi connectivity index (χ1) is 9.98. The Morgan fingerprint density at radius 1 is 0.773 bits per heavy atom. The van der Waals surface area contributed by atoms with E-state index in [2.05, 4.69) is 0 Å². The molecule has 0 aliphatic heterocycles. The average molecular weight is 361 g/mol. The van der Waals surface area contributed by atoms with E-state index in [1.165, 1.54) is 51.9 Å². The summed E-state index contributed by atoms with van der Waals surface area (Å²) in [6, 6.07) is 0. The van der Waals surface area contributed by atoms with Gasteiger partial charge in [0.15, 0.2) is 0 Å². The molecule has 128 valence electrons. The zero-order chi connectivity index (χ0) is 16.0. The standard InChI is InChI=1S/C16H34O4S.K/c1-16(21(18,19)20)14-12-10-8-6-4-2-3-5-7-9-11-13-15-17;/h16-17H,2-15H2,1H3,(H,18,19,20);/q;+1/p-1. The van der Waals surface area contributed by atoms with Crippen molar-refractivity contribution in [2.24, 2.45) is 0 Å². The van der Waals surface area contributed by atoms with Gasteiger partial charge >= 0.3 is 51.4 Å². The summed E-state index contributed by atoms with van der Waals surface area (Å²) in [5.41, 5.74) is 0. The summed E-state index contributed by atoms with van der Waals surface area (Å²) in [6.07, 6.45) is 14.5. The Kier molecular flexibility index (Phi) is 20.3. The maximum absolute atomic E-state index is 10.7. The monoisotopic (exact) mass is 360 g/mol. The normalized spacial score (nSPS) is 12.9. The molecule has 0 heterocycles. The Morgan fingerprint density at radius 2 is 1.09 bits per heavy atom. The molecule has 0 aromatic heterocycles. The molecule has 0 rings (SSSR count). The van der Waals surface area contributed by atoms with E-state index in [4.69, 9.17) is 5.11 Å². The second-order valence-electron chi connectivity index (χ2n) is 6.06. The third-order valence-corrected chi connectivity index (χ3v) is 5.23. The second kappa shape index (κ2) is 17.3. The molecule has 4 nitrogen and oxygen atoms in total. The molecular formula is C16H33KO4S. The van der Waals surface area contributed by atoms with Crippen LogP contribution in [0.2, 0.25) is 0 Å². The largest absolute Gasteiger partial charge is 1.00 e. The first-order valence-corrected chi connectivity index (χ1v) is 10.0. The molecule has 0 aromatic rings. The Hall–Kier alpha value is 1.51. The molecule has 6 heteroatoms. The van der Waals surface area contributed by atoms with Crippen LogP contribution in [0.25, 0.3) is 0 Å². The third kappa shape index (κ3) is 17.9. The molecule has 0 amide bonds. The average Bonchev–Trinajstić information content (AvgIpc) is 2.42. The summed E-state index contributed by atoms with van der Waals surface area (Å²) in [4.78, 5) is 0. The van der Waals surface area contributed by atoms with Gasteiger partial charge in [-0.15, -0.1) is 0 Å². The van der Waals surface area contributed by atoms with E-state index in [1.54, 1.807) is 0 Å². The molecule has 0 fully saturated rings. The molecule has 22 heavy (non-hydrogen) atoms. The van der Waals surface area contributed by atoms with Crippen molar-refractivity contribution in [1.29, 1.82) is 0 Å². The number of rotatable bonds is 15. The zero-order valence-electron chi connectivity index (χ0n) is 14.6. The van der Waals surface area contributed by atoms with Crippen LogP contribution < -0.4 is 51.4 Å². The summed E-state index contributed by atoms with van der Waals surface area (Å²) in [7, 11) is -4.08. The SMILES string of the molecule is CC(CCCCCCCCCCCCCCO)S(=O)(=O)[O-].[K+]. The van der Waals surface area contributed by atoms with E-state index in [0.29, 0.717) is 13.0 Å². The molecule has 0 bridgehead atoms. The summed E-state index contributed by atoms with van der Waals surface area (Å²) in [6.45, 7) is 1.82. The van der Waals surface area contributed by atoms with Crippen molar-refractivity contribution >= 4 is 10.1 Å². The minimum Gasteiger partial charge on any atom is -0.748 e. The summed E-state index contributed by atoms with van der Waals surface area (Å²) in [5.74, 6) is 0. The van der Waals surface area contributed by atoms with E-state index < -0.39 is 15.4 Å². The van der Waals surface area contributed by atoms with Crippen molar-refractivity contribution < 1.29 is 69.5 Å². The Labute approximate surface area is 180 Å². The Bertz CT molecular complexity index is 320. The molecule has 1 atom stereocenters. The van der Waals surface area contributed by atoms with Gasteiger partial charge in [0.1, 0.15) is 0 Å². The topological polar surface area (TPSA) is 77.4 Å². The van der Waals surface area contributed by atoms with Crippen molar-refractivity contribution in [3.05, 3.63) is 0 Å². The predicted molar refractivity (Wildman–Crippen MR) is 86.3 cm³/mol. The van der Waals surface area contributed by atoms with Crippen LogP contribution >= 0.6 is 0 Å². The molecular weight excluding hydrogens is 327 g/mol. The Balaban J connectivity index is 0. The number of hydrogen-bond acceptors (Lipinski definition) is 4. The number of unbranched alkanes of at least 4 members (excludes halogenated alkanes) is 11. The van der Waals surface area contributed by atoms with Crippen LogP contribution in [0, 0.1) is 0 Å². The van der Waals surface area contributed by atoms with Crippen molar-refractivity contribution in [3.63, 3.8) is 0 Å². The maximum atomic E-state index is 10.7. The van der Waals surface area contributed by atoms with Crippen LogP contribution in [0.15, 0.2) is 0 Å². The van der Waals surface area contributed by atoms with Crippen molar-refractivity contribution in [2.75, 3.05) is 6.61 Å². The third-order valence-electron chi connectivity index (χ3n) is 4.01. The van der Waals surface area contributed by atoms with Gasteiger partial charge < -0.3 is 9.66 Å². The smallest absolute Gasteiger partial charge is 0.748 e. The molecule has 0 aliphatic rings. The number of aliphatic hydroxyl groups is 1. The van der Waals surface area contributed by atoms with Gasteiger partial charge in [-0.3, -0.25) is 0 Å². The first-order valence-electron chi connectivity index (χ1n) is 8.54. The van der Waals surface area contributed by atoms with Gasteiger partial charge in [-0.2, -0.15) is 0 Å². The van der Waals surface area contributed by atoms with Crippen LogP contribution in [0.4, 0.5) is 0 Å². The van der Waals surface area contributed by atoms with Gasteiger partial charge in [0.2, 0.25) is 0 Å². The summed E-state index contributed by atoms with van der Waals surface area (Å²) in [5, 5.41) is 7.92. The summed E-state index contributed by atoms with van der Waals surface area (Å²) < 4.78 is 32.1. The van der Waals surface area contributed by atoms with E-state index in [9.17, 15) is 13.0 Å². The minimum absolute atomic E-state index is 0. The Morgan fingerprint density at radius 3 is 1.41 bits per heavy atom. The van der Waals surface area contributed by atoms with E-state index in [-0.39, 0.29) is 51.4 Å². The second-order valence-corrected chi connectivity index (χ2v) is 7.85. The van der Waals surface area contributed by atoms with Crippen LogP contribution in [-0.2, 0) is 10.1 Å². The van der Waals surface area contributed by atoms with E-state index >= 15 is 0 Å². The molecule has 0 radical (unpaired) electrons. The van der Waals surface area contributed by atoms with Crippen LogP contribution in [0.3, 0.4) is 0 Å². The molecule has 1 N–H and O–H groups in total. The van der Waals surface area contributed by atoms with Crippen molar-refractivity contribution in [1.82, 2.24) is 0 Å². The first kappa shape index (κ1) is 25.7. The van der Waals surface area contributed by atoms with E-state index in [0.717, 1.165) is 32.1 Å². The molecule has 0 aromatic carbocycles. The van der Waals surface area contributed by atoms with Crippen LogP contribution in [0.5, 0.6) is 0 Å². The van der Waals surface area contributed by atoms with Crippen molar-refractivity contribution in [3.8, 4) is 0 Å². The summed E-state index contributed by atoms with van der Waals surface area (Å²) >= 11 is 0. The molecule has 0 saturated carbocycles. The van der Waals surface area contributed by atoms with Gasteiger partial charge in [0, 0.05) is 11.9 Å². The van der Waals surface area contributed by atoms with Crippen LogP contribution in [-0.4, -0.2) is 29.9 Å². The predicted octanol–water partition coefficient (Wildman–Crippen LogP) is 0.988. The molecule has 0 spiro atoms. The van der Waals surface area contributed by atoms with Gasteiger partial charge in [-0.25, -0.2) is 8.42 Å². The van der Waals surface area contributed by atoms with Gasteiger partial charge in [-0.1, -0.05) is 70.6 Å². The van der Waals surface area contributed by atoms with Crippen molar-refractivity contribution in [2.45, 2.75) is 95.6 Å². The van der Waals surface area contributed by atoms with Crippen LogP contribution in [0.1, 0.15) is 90.4 Å². The van der Waals surface area contributed by atoms with Gasteiger partial charge in [0.25, 0.3) is 0 Å². The fourth-order valence-electron chi connectivity index (χ4n) is 2.46. The molecule has 0 aliphatic carbocycles.